The molecule has 0 bridgehead atoms. The summed E-state index contributed by atoms with van der Waals surface area (Å²) in [6.07, 6.45) is 0. The van der Waals surface area contributed by atoms with Crippen molar-refractivity contribution in [3.8, 4) is 5.75 Å². The van der Waals surface area contributed by atoms with E-state index in [0.29, 0.717) is 31.9 Å². The van der Waals surface area contributed by atoms with E-state index in [1.54, 1.807) is 9.80 Å². The average molecular weight is 322 g/mol. The predicted octanol–water partition coefficient (Wildman–Crippen LogP) is 2.16. The number of benzene rings is 1. The molecule has 0 spiro atoms. The molecule has 0 atom stereocenters. The quantitative estimate of drug-likeness (QED) is 0.838. The number of carbonyl (C=O) groups is 2. The monoisotopic (exact) mass is 322 g/mol. The molecular formula is C17H23FN2O3. The van der Waals surface area contributed by atoms with Gasteiger partial charge in [-0.1, -0.05) is 20.8 Å². The lowest BCUT2D eigenvalue weighted by molar-refractivity contribution is -0.140. The van der Waals surface area contributed by atoms with Gasteiger partial charge in [0.1, 0.15) is 11.6 Å². The molecular weight excluding hydrogens is 299 g/mol. The highest BCUT2D eigenvalue weighted by Gasteiger charge is 2.31. The number of carbonyl (C=O) groups excluding carboxylic acids is 2. The molecule has 5 nitrogen and oxygen atoms in total. The molecule has 1 aliphatic heterocycles. The Balaban J connectivity index is 2.07. The van der Waals surface area contributed by atoms with Crippen LogP contribution in [0.3, 0.4) is 0 Å². The van der Waals surface area contributed by atoms with Gasteiger partial charge in [0, 0.05) is 31.6 Å². The maximum atomic E-state index is 13.4. The molecule has 0 saturated carbocycles. The first-order valence-corrected chi connectivity index (χ1v) is 7.66. The molecule has 0 unspecified atom stereocenters. The van der Waals surface area contributed by atoms with Crippen LogP contribution in [0.4, 0.5) is 4.39 Å². The number of nitrogens with zero attached hydrogens (tertiary/aromatic N) is 2. The van der Waals surface area contributed by atoms with Gasteiger partial charge in [0.25, 0.3) is 5.91 Å². The molecule has 0 aromatic heterocycles. The van der Waals surface area contributed by atoms with E-state index in [1.165, 1.54) is 25.3 Å². The number of hydrogen-bond donors (Lipinski definition) is 0. The maximum Gasteiger partial charge on any atom is 0.257 e. The zero-order valence-electron chi connectivity index (χ0n) is 14.1. The molecule has 0 radical (unpaired) electrons. The molecule has 6 heteroatoms. The third kappa shape index (κ3) is 3.81. The largest absolute Gasteiger partial charge is 0.496 e. The van der Waals surface area contributed by atoms with Crippen LogP contribution in [-0.4, -0.2) is 54.9 Å². The Morgan fingerprint density at radius 1 is 1.09 bits per heavy atom. The highest BCUT2D eigenvalue weighted by molar-refractivity contribution is 5.97. The van der Waals surface area contributed by atoms with Crippen molar-refractivity contribution in [3.05, 3.63) is 29.6 Å². The molecule has 1 aliphatic rings. The zero-order valence-corrected chi connectivity index (χ0v) is 14.1. The second-order valence-corrected chi connectivity index (χ2v) is 6.68. The molecule has 1 fully saturated rings. The Kier molecular flexibility index (Phi) is 4.92. The summed E-state index contributed by atoms with van der Waals surface area (Å²) < 4.78 is 18.6. The predicted molar refractivity (Wildman–Crippen MR) is 84.9 cm³/mol. The van der Waals surface area contributed by atoms with Gasteiger partial charge in [0.05, 0.1) is 12.7 Å². The van der Waals surface area contributed by atoms with Crippen molar-refractivity contribution in [1.82, 2.24) is 9.80 Å². The van der Waals surface area contributed by atoms with Crippen molar-refractivity contribution in [3.63, 3.8) is 0 Å². The van der Waals surface area contributed by atoms with Crippen LogP contribution in [-0.2, 0) is 4.79 Å². The molecule has 23 heavy (non-hydrogen) atoms. The lowest BCUT2D eigenvalue weighted by Crippen LogP contribution is -2.53. The standard InChI is InChI=1S/C17H23FN2O3/c1-17(2,3)16(22)20-9-7-19(8-10-20)15(21)13-11-12(18)5-6-14(13)23-4/h5-6,11H,7-10H2,1-4H3. The summed E-state index contributed by atoms with van der Waals surface area (Å²) in [6, 6.07) is 3.89. The first kappa shape index (κ1) is 17.2. The van der Waals surface area contributed by atoms with Gasteiger partial charge in [0.15, 0.2) is 0 Å². The van der Waals surface area contributed by atoms with Crippen LogP contribution >= 0.6 is 0 Å². The van der Waals surface area contributed by atoms with E-state index in [1.807, 2.05) is 20.8 Å². The van der Waals surface area contributed by atoms with Crippen molar-refractivity contribution < 1.29 is 18.7 Å². The number of halogens is 1. The molecule has 1 saturated heterocycles. The van der Waals surface area contributed by atoms with E-state index in [0.717, 1.165) is 0 Å². The van der Waals surface area contributed by atoms with Crippen LogP contribution in [0.2, 0.25) is 0 Å². The number of piperazine rings is 1. The Labute approximate surface area is 136 Å². The van der Waals surface area contributed by atoms with Gasteiger partial charge in [0.2, 0.25) is 5.91 Å². The Hall–Kier alpha value is -2.11. The summed E-state index contributed by atoms with van der Waals surface area (Å²) in [7, 11) is 1.45. The maximum absolute atomic E-state index is 13.4. The number of ether oxygens (including phenoxy) is 1. The SMILES string of the molecule is COc1ccc(F)cc1C(=O)N1CCN(C(=O)C(C)(C)C)CC1. The van der Waals surface area contributed by atoms with Crippen molar-refractivity contribution in [2.45, 2.75) is 20.8 Å². The lowest BCUT2D eigenvalue weighted by Gasteiger charge is -2.37. The molecule has 1 aromatic carbocycles. The van der Waals surface area contributed by atoms with Gasteiger partial charge >= 0.3 is 0 Å². The van der Waals surface area contributed by atoms with E-state index in [2.05, 4.69) is 0 Å². The molecule has 1 heterocycles. The van der Waals surface area contributed by atoms with E-state index >= 15 is 0 Å². The van der Waals surface area contributed by atoms with Crippen LogP contribution in [0.15, 0.2) is 18.2 Å². The summed E-state index contributed by atoms with van der Waals surface area (Å²) in [5.41, 5.74) is -0.221. The van der Waals surface area contributed by atoms with Crippen molar-refractivity contribution >= 4 is 11.8 Å². The molecule has 2 rings (SSSR count). The fraction of sp³-hybridized carbons (Fsp3) is 0.529. The number of hydrogen-bond acceptors (Lipinski definition) is 3. The van der Waals surface area contributed by atoms with Crippen molar-refractivity contribution in [2.24, 2.45) is 5.41 Å². The molecule has 0 aliphatic carbocycles. The van der Waals surface area contributed by atoms with E-state index in [4.69, 9.17) is 4.74 Å². The molecule has 2 amide bonds. The Morgan fingerprint density at radius 3 is 2.17 bits per heavy atom. The summed E-state index contributed by atoms with van der Waals surface area (Å²) in [5.74, 6) is -0.322. The number of methoxy groups -OCH3 is 1. The van der Waals surface area contributed by atoms with E-state index in [9.17, 15) is 14.0 Å². The highest BCUT2D eigenvalue weighted by Crippen LogP contribution is 2.23. The minimum atomic E-state index is -0.476. The summed E-state index contributed by atoms with van der Waals surface area (Å²) >= 11 is 0. The lowest BCUT2D eigenvalue weighted by atomic mass is 9.94. The van der Waals surface area contributed by atoms with E-state index < -0.39 is 11.2 Å². The average Bonchev–Trinajstić information content (AvgIpc) is 2.52. The van der Waals surface area contributed by atoms with Crippen LogP contribution in [0.25, 0.3) is 0 Å². The first-order chi connectivity index (χ1) is 10.7. The van der Waals surface area contributed by atoms with Crippen LogP contribution in [0.1, 0.15) is 31.1 Å². The topological polar surface area (TPSA) is 49.9 Å². The van der Waals surface area contributed by atoms with Crippen LogP contribution in [0.5, 0.6) is 5.75 Å². The second-order valence-electron chi connectivity index (χ2n) is 6.68. The summed E-state index contributed by atoms with van der Waals surface area (Å²) in [4.78, 5) is 28.2. The van der Waals surface area contributed by atoms with E-state index in [-0.39, 0.29) is 17.4 Å². The second kappa shape index (κ2) is 6.56. The fourth-order valence-electron chi connectivity index (χ4n) is 2.60. The smallest absolute Gasteiger partial charge is 0.257 e. The van der Waals surface area contributed by atoms with Crippen LogP contribution in [0, 0.1) is 11.2 Å². The third-order valence-electron chi connectivity index (χ3n) is 3.89. The van der Waals surface area contributed by atoms with Gasteiger partial charge < -0.3 is 14.5 Å². The minimum Gasteiger partial charge on any atom is -0.496 e. The molecule has 0 N–H and O–H groups in total. The normalized spacial score (nSPS) is 15.5. The third-order valence-corrected chi connectivity index (χ3v) is 3.89. The van der Waals surface area contributed by atoms with Gasteiger partial charge in [-0.05, 0) is 18.2 Å². The van der Waals surface area contributed by atoms with Crippen molar-refractivity contribution in [2.75, 3.05) is 33.3 Å². The van der Waals surface area contributed by atoms with Crippen molar-refractivity contribution in [1.29, 1.82) is 0 Å². The molecule has 126 valence electrons. The van der Waals surface area contributed by atoms with Gasteiger partial charge in [-0.25, -0.2) is 4.39 Å². The summed E-state index contributed by atoms with van der Waals surface area (Å²) in [6.45, 7) is 7.47. The Bertz CT molecular complexity index is 602. The molecule has 1 aromatic rings. The van der Waals surface area contributed by atoms with Gasteiger partial charge in [-0.15, -0.1) is 0 Å². The van der Waals surface area contributed by atoms with Gasteiger partial charge in [-0.3, -0.25) is 9.59 Å². The zero-order chi connectivity index (χ0) is 17.2. The number of rotatable bonds is 2. The Morgan fingerprint density at radius 2 is 1.65 bits per heavy atom. The highest BCUT2D eigenvalue weighted by atomic mass is 19.1. The number of amides is 2. The first-order valence-electron chi connectivity index (χ1n) is 7.66. The summed E-state index contributed by atoms with van der Waals surface area (Å²) in [5, 5.41) is 0. The fourth-order valence-corrected chi connectivity index (χ4v) is 2.60. The van der Waals surface area contributed by atoms with Gasteiger partial charge in [-0.2, -0.15) is 0 Å². The van der Waals surface area contributed by atoms with Crippen LogP contribution < -0.4 is 4.74 Å². The minimum absolute atomic E-state index is 0.0768.